The van der Waals surface area contributed by atoms with E-state index in [1.54, 1.807) is 24.3 Å². The van der Waals surface area contributed by atoms with Gasteiger partial charge in [-0.2, -0.15) is 5.10 Å². The summed E-state index contributed by atoms with van der Waals surface area (Å²) in [6.07, 6.45) is 1.36. The molecule has 0 atom stereocenters. The van der Waals surface area contributed by atoms with Gasteiger partial charge in [-0.15, -0.1) is 0 Å². The molecule has 0 heterocycles. The fourth-order valence-electron chi connectivity index (χ4n) is 1.93. The van der Waals surface area contributed by atoms with Crippen LogP contribution >= 0.6 is 0 Å². The van der Waals surface area contributed by atoms with Gasteiger partial charge in [0.1, 0.15) is 5.75 Å². The molecule has 2 aromatic rings. The zero-order chi connectivity index (χ0) is 18.9. The van der Waals surface area contributed by atoms with Gasteiger partial charge in [-0.3, -0.25) is 19.6 Å². The Morgan fingerprint density at radius 2 is 1.65 bits per heavy atom. The summed E-state index contributed by atoms with van der Waals surface area (Å²) in [5, 5.41) is 12.4. The monoisotopic (exact) mass is 356 g/mol. The van der Waals surface area contributed by atoms with Crippen molar-refractivity contribution in [2.45, 2.75) is 0 Å². The molecule has 0 aromatic heterocycles. The third kappa shape index (κ3) is 5.14. The molecule has 0 fully saturated rings. The number of carbonyl (C=O) groups is 3. The van der Waals surface area contributed by atoms with Gasteiger partial charge in [-0.25, -0.2) is 10.9 Å². The molecule has 0 aliphatic heterocycles. The first-order chi connectivity index (χ1) is 12.5. The molecule has 9 heteroatoms. The van der Waals surface area contributed by atoms with Crippen LogP contribution in [-0.2, 0) is 4.79 Å². The third-order valence-electron chi connectivity index (χ3n) is 3.17. The first-order valence-electron chi connectivity index (χ1n) is 7.39. The predicted octanol–water partition coefficient (Wildman–Crippen LogP) is 0.434. The van der Waals surface area contributed by atoms with E-state index in [1.807, 2.05) is 0 Å². The molecule has 0 radical (unpaired) electrons. The topological polar surface area (TPSA) is 143 Å². The molecule has 0 aliphatic carbocycles. The van der Waals surface area contributed by atoms with E-state index in [2.05, 4.69) is 10.5 Å². The van der Waals surface area contributed by atoms with Crippen LogP contribution < -0.4 is 21.4 Å². The van der Waals surface area contributed by atoms with E-state index in [0.717, 1.165) is 0 Å². The normalized spacial score (nSPS) is 10.3. The largest absolute Gasteiger partial charge is 0.483 e. The Balaban J connectivity index is 2.01. The molecule has 3 amide bonds. The van der Waals surface area contributed by atoms with Crippen LogP contribution in [0, 0.1) is 0 Å². The van der Waals surface area contributed by atoms with Crippen molar-refractivity contribution in [2.24, 2.45) is 10.8 Å². The van der Waals surface area contributed by atoms with E-state index in [0.29, 0.717) is 11.3 Å². The number of nitrogens with one attached hydrogen (secondary N) is 2. The van der Waals surface area contributed by atoms with Gasteiger partial charge >= 0.3 is 0 Å². The van der Waals surface area contributed by atoms with Crippen molar-refractivity contribution in [3.63, 3.8) is 0 Å². The number of para-hydroxylation sites is 1. The van der Waals surface area contributed by atoms with E-state index in [-0.39, 0.29) is 17.7 Å². The standard InChI is InChI=1S/C17H16N4O5/c18-15(22)10-26-14-4-2-1-3-13(14)9-19-20-16(23)11-5-7-12(8-6-11)17(24)21-25/h1-9,25H,10H2,(H2,18,22)(H,20,23)(H,21,24)/b19-9+. The summed E-state index contributed by atoms with van der Waals surface area (Å²) in [6.45, 7) is -0.273. The fourth-order valence-corrected chi connectivity index (χ4v) is 1.93. The molecule has 0 spiro atoms. The second-order valence-electron chi connectivity index (χ2n) is 5.01. The molecule has 0 unspecified atom stereocenters. The second kappa shape index (κ2) is 8.94. The van der Waals surface area contributed by atoms with Crippen LogP contribution in [0.5, 0.6) is 5.75 Å². The lowest BCUT2D eigenvalue weighted by Gasteiger charge is -2.06. The Labute approximate surface area is 148 Å². The summed E-state index contributed by atoms with van der Waals surface area (Å²) in [6, 6.07) is 12.4. The lowest BCUT2D eigenvalue weighted by molar-refractivity contribution is -0.119. The summed E-state index contributed by atoms with van der Waals surface area (Å²) in [4.78, 5) is 34.0. The highest BCUT2D eigenvalue weighted by Crippen LogP contribution is 2.15. The number of nitrogens with zero attached hydrogens (tertiary/aromatic N) is 1. The summed E-state index contributed by atoms with van der Waals surface area (Å²) in [5.41, 5.74) is 9.90. The van der Waals surface area contributed by atoms with E-state index >= 15 is 0 Å². The minimum absolute atomic E-state index is 0.202. The van der Waals surface area contributed by atoms with Crippen LogP contribution in [0.3, 0.4) is 0 Å². The van der Waals surface area contributed by atoms with E-state index < -0.39 is 17.7 Å². The van der Waals surface area contributed by atoms with Gasteiger partial charge in [0, 0.05) is 16.7 Å². The number of benzene rings is 2. The van der Waals surface area contributed by atoms with Crippen molar-refractivity contribution in [3.05, 3.63) is 65.2 Å². The zero-order valence-corrected chi connectivity index (χ0v) is 13.5. The number of hydrogen-bond donors (Lipinski definition) is 4. The number of hydroxylamine groups is 1. The Morgan fingerprint density at radius 3 is 2.27 bits per heavy atom. The van der Waals surface area contributed by atoms with Crippen molar-refractivity contribution >= 4 is 23.9 Å². The number of hydrazone groups is 1. The Kier molecular flexibility index (Phi) is 6.40. The van der Waals surface area contributed by atoms with Crippen molar-refractivity contribution < 1.29 is 24.3 Å². The van der Waals surface area contributed by atoms with Crippen molar-refractivity contribution in [2.75, 3.05) is 6.61 Å². The van der Waals surface area contributed by atoms with Gasteiger partial charge in [0.25, 0.3) is 17.7 Å². The van der Waals surface area contributed by atoms with Gasteiger partial charge in [-0.05, 0) is 36.4 Å². The third-order valence-corrected chi connectivity index (χ3v) is 3.17. The summed E-state index contributed by atoms with van der Waals surface area (Å²) < 4.78 is 5.25. The molecule has 26 heavy (non-hydrogen) atoms. The first-order valence-corrected chi connectivity index (χ1v) is 7.39. The Bertz CT molecular complexity index is 833. The Hall–Kier alpha value is -3.72. The number of carbonyl (C=O) groups excluding carboxylic acids is 3. The minimum atomic E-state index is -0.678. The van der Waals surface area contributed by atoms with Crippen LogP contribution in [-0.4, -0.2) is 35.8 Å². The van der Waals surface area contributed by atoms with Crippen molar-refractivity contribution in [3.8, 4) is 5.75 Å². The van der Waals surface area contributed by atoms with Gasteiger partial charge < -0.3 is 10.5 Å². The van der Waals surface area contributed by atoms with Crippen LogP contribution in [0.15, 0.2) is 53.6 Å². The molecule has 9 nitrogen and oxygen atoms in total. The maximum Gasteiger partial charge on any atom is 0.274 e. The van der Waals surface area contributed by atoms with Gasteiger partial charge in [0.05, 0.1) is 6.21 Å². The lowest BCUT2D eigenvalue weighted by Crippen LogP contribution is -2.21. The van der Waals surface area contributed by atoms with Crippen LogP contribution in [0.4, 0.5) is 0 Å². The highest BCUT2D eigenvalue weighted by atomic mass is 16.5. The summed E-state index contributed by atoms with van der Waals surface area (Å²) in [5.74, 6) is -1.39. The van der Waals surface area contributed by atoms with Crippen LogP contribution in [0.2, 0.25) is 0 Å². The highest BCUT2D eigenvalue weighted by Gasteiger charge is 2.08. The molecule has 0 aliphatic rings. The number of rotatable bonds is 7. The minimum Gasteiger partial charge on any atom is -0.483 e. The smallest absolute Gasteiger partial charge is 0.274 e. The second-order valence-corrected chi connectivity index (χ2v) is 5.01. The number of hydrogen-bond acceptors (Lipinski definition) is 6. The van der Waals surface area contributed by atoms with Crippen molar-refractivity contribution in [1.82, 2.24) is 10.9 Å². The Morgan fingerprint density at radius 1 is 1.04 bits per heavy atom. The predicted molar refractivity (Wildman–Crippen MR) is 91.9 cm³/mol. The maximum absolute atomic E-state index is 12.0. The number of ether oxygens (including phenoxy) is 1. The average Bonchev–Trinajstić information content (AvgIpc) is 2.66. The number of nitrogens with two attached hydrogens (primary N) is 1. The molecule has 5 N–H and O–H groups in total. The van der Waals surface area contributed by atoms with Crippen LogP contribution in [0.1, 0.15) is 26.3 Å². The molecule has 2 aromatic carbocycles. The van der Waals surface area contributed by atoms with Crippen molar-refractivity contribution in [1.29, 1.82) is 0 Å². The first kappa shape index (κ1) is 18.6. The number of amides is 3. The molecule has 0 saturated heterocycles. The SMILES string of the molecule is NC(=O)COc1ccccc1/C=N/NC(=O)c1ccc(C(=O)NO)cc1. The number of primary amides is 1. The van der Waals surface area contributed by atoms with Crippen LogP contribution in [0.25, 0.3) is 0 Å². The van der Waals surface area contributed by atoms with E-state index in [1.165, 1.54) is 36.0 Å². The van der Waals surface area contributed by atoms with E-state index in [4.69, 9.17) is 15.7 Å². The molecular weight excluding hydrogens is 340 g/mol. The molecule has 0 saturated carbocycles. The van der Waals surface area contributed by atoms with Gasteiger partial charge in [0.15, 0.2) is 6.61 Å². The average molecular weight is 356 g/mol. The molecular formula is C17H16N4O5. The van der Waals surface area contributed by atoms with E-state index in [9.17, 15) is 14.4 Å². The van der Waals surface area contributed by atoms with Gasteiger partial charge in [-0.1, -0.05) is 12.1 Å². The fraction of sp³-hybridized carbons (Fsp3) is 0.0588. The molecule has 134 valence electrons. The summed E-state index contributed by atoms with van der Waals surface area (Å²) in [7, 11) is 0. The quantitative estimate of drug-likeness (QED) is 0.323. The molecule has 2 rings (SSSR count). The lowest BCUT2D eigenvalue weighted by atomic mass is 10.1. The zero-order valence-electron chi connectivity index (χ0n) is 13.5. The summed E-state index contributed by atoms with van der Waals surface area (Å²) >= 11 is 0. The maximum atomic E-state index is 12.0. The van der Waals surface area contributed by atoms with Gasteiger partial charge in [0.2, 0.25) is 0 Å². The molecule has 0 bridgehead atoms. The highest BCUT2D eigenvalue weighted by molar-refractivity contribution is 5.97.